The first kappa shape index (κ1) is 30.1. The number of hydrogen-bond donors (Lipinski definition) is 0. The van der Waals surface area contributed by atoms with Crippen molar-refractivity contribution in [3.63, 3.8) is 0 Å². The number of carbonyl (C=O) groups is 1. The molecule has 1 amide bonds. The number of hydrogen-bond acceptors (Lipinski definition) is 10. The van der Waals surface area contributed by atoms with Crippen molar-refractivity contribution >= 4 is 24.8 Å². The summed E-state index contributed by atoms with van der Waals surface area (Å²) in [4.78, 5) is 22.5. The van der Waals surface area contributed by atoms with Crippen LogP contribution in [0.1, 0.15) is 41.5 Å². The fraction of sp³-hybridized carbons (Fsp3) is 0.444. The van der Waals surface area contributed by atoms with E-state index in [4.69, 9.17) is 28.0 Å². The number of pyridine rings is 1. The zero-order valence-corrected chi connectivity index (χ0v) is 24.7. The van der Waals surface area contributed by atoms with Gasteiger partial charge in [0.05, 0.1) is 32.2 Å². The molecule has 1 aliphatic heterocycles. The van der Waals surface area contributed by atoms with Crippen LogP contribution in [0.15, 0.2) is 46.9 Å². The lowest BCUT2D eigenvalue weighted by molar-refractivity contribution is 0.0784. The Morgan fingerprint density at radius 2 is 1.93 bits per heavy atom. The van der Waals surface area contributed by atoms with E-state index in [1.807, 2.05) is 19.9 Å². The molecule has 3 heterocycles. The number of aromatic nitrogens is 2. The van der Waals surface area contributed by atoms with Gasteiger partial charge < -0.3 is 28.0 Å². The number of ether oxygens (including phenoxy) is 4. The van der Waals surface area contributed by atoms with Crippen molar-refractivity contribution in [2.45, 2.75) is 45.7 Å². The number of thiazole rings is 1. The molecular weight excluding hydrogens is 557 g/mol. The Hall–Kier alpha value is -2.86. The number of rotatable bonds is 12. The molecule has 1 saturated heterocycles. The van der Waals surface area contributed by atoms with Crippen LogP contribution in [0.25, 0.3) is 0 Å². The quantitative estimate of drug-likeness (QED) is 0.258. The summed E-state index contributed by atoms with van der Waals surface area (Å²) < 4.78 is 48.3. The average Bonchev–Trinajstić information content (AvgIpc) is 3.29. The van der Waals surface area contributed by atoms with Crippen molar-refractivity contribution in [3.8, 4) is 17.2 Å². The van der Waals surface area contributed by atoms with Crippen molar-refractivity contribution in [2.75, 3.05) is 34.0 Å². The van der Waals surface area contributed by atoms with E-state index in [2.05, 4.69) is 9.98 Å². The van der Waals surface area contributed by atoms with E-state index >= 15 is 0 Å². The smallest absolute Gasteiger partial charge is 0.336 e. The van der Waals surface area contributed by atoms with Gasteiger partial charge in [-0.1, -0.05) is 6.92 Å². The van der Waals surface area contributed by atoms with Crippen LogP contribution in [0.3, 0.4) is 0 Å². The Morgan fingerprint density at radius 3 is 2.60 bits per heavy atom. The highest BCUT2D eigenvalue weighted by molar-refractivity contribution is 7.53. The zero-order valence-electron chi connectivity index (χ0n) is 23.0. The van der Waals surface area contributed by atoms with Crippen molar-refractivity contribution in [2.24, 2.45) is 4.99 Å². The first-order valence-electron chi connectivity index (χ1n) is 12.9. The van der Waals surface area contributed by atoms with Gasteiger partial charge in [0, 0.05) is 42.6 Å². The van der Waals surface area contributed by atoms with E-state index in [1.54, 1.807) is 47.5 Å². The minimum Gasteiger partial charge on any atom is -0.488 e. The topological polar surface area (TPSA) is 120 Å². The number of methoxy groups -OCH3 is 2. The molecule has 1 aromatic carbocycles. The normalized spacial score (nSPS) is 16.1. The van der Waals surface area contributed by atoms with Crippen LogP contribution in [0.5, 0.6) is 17.2 Å². The monoisotopic (exact) mass is 591 g/mol. The number of amides is 1. The van der Waals surface area contributed by atoms with E-state index in [0.29, 0.717) is 60.4 Å². The second-order valence-corrected chi connectivity index (χ2v) is 12.0. The molecule has 3 aromatic rings. The summed E-state index contributed by atoms with van der Waals surface area (Å²) in [6.45, 7) is 5.14. The fourth-order valence-electron chi connectivity index (χ4n) is 3.88. The molecule has 11 nitrogen and oxygen atoms in total. The lowest BCUT2D eigenvalue weighted by Gasteiger charge is -2.23. The maximum Gasteiger partial charge on any atom is 0.336 e. The molecule has 0 saturated carbocycles. The maximum absolute atomic E-state index is 13.4. The lowest BCUT2D eigenvalue weighted by Crippen LogP contribution is -2.22. The molecule has 1 unspecified atom stereocenters. The summed E-state index contributed by atoms with van der Waals surface area (Å²) in [5.74, 6) is 0.855. The van der Waals surface area contributed by atoms with E-state index in [9.17, 15) is 9.36 Å². The van der Waals surface area contributed by atoms with Gasteiger partial charge in [0.1, 0.15) is 30.1 Å². The SMILES string of the molecule is CCC(COC)Oc1cc(Oc2ccc(C)nc2)cc(C(=O)N=c2scc(CP3(=O)OCCCO3)n2COC)c1. The van der Waals surface area contributed by atoms with Gasteiger partial charge >= 0.3 is 7.60 Å². The molecule has 40 heavy (non-hydrogen) atoms. The molecule has 0 radical (unpaired) electrons. The Labute approximate surface area is 237 Å². The predicted octanol–water partition coefficient (Wildman–Crippen LogP) is 5.32. The molecule has 0 bridgehead atoms. The number of benzene rings is 1. The van der Waals surface area contributed by atoms with Crippen molar-refractivity contribution in [1.82, 2.24) is 9.55 Å². The molecule has 1 aliphatic rings. The Kier molecular flexibility index (Phi) is 10.7. The summed E-state index contributed by atoms with van der Waals surface area (Å²) in [5.41, 5.74) is 1.77. The van der Waals surface area contributed by atoms with Crippen LogP contribution >= 0.6 is 18.9 Å². The third kappa shape index (κ3) is 8.09. The van der Waals surface area contributed by atoms with Gasteiger partial charge in [-0.2, -0.15) is 4.99 Å². The average molecular weight is 592 g/mol. The summed E-state index contributed by atoms with van der Waals surface area (Å²) in [7, 11) is -0.141. The predicted molar refractivity (Wildman–Crippen MR) is 149 cm³/mol. The van der Waals surface area contributed by atoms with Crippen LogP contribution in [0.4, 0.5) is 0 Å². The molecule has 2 aromatic heterocycles. The van der Waals surface area contributed by atoms with Crippen molar-refractivity contribution in [3.05, 3.63) is 63.7 Å². The van der Waals surface area contributed by atoms with Gasteiger partial charge in [-0.15, -0.1) is 11.3 Å². The standard InChI is InChI=1S/C27H34N3O8PS/c1-5-22(15-33-3)37-24-11-20(12-25(13-24)38-23-8-7-19(2)28-14-23)26(31)29-27-30(18-34-4)21(17-40-27)16-39(32)35-9-6-10-36-39/h7-8,11-14,17,22H,5-6,9-10,15-16,18H2,1-4H3. The molecule has 1 atom stereocenters. The Bertz CT molecular complexity index is 1400. The maximum atomic E-state index is 13.4. The fourth-order valence-corrected chi connectivity index (χ4v) is 6.62. The molecule has 1 fully saturated rings. The largest absolute Gasteiger partial charge is 0.488 e. The van der Waals surface area contributed by atoms with Crippen LogP contribution in [-0.4, -0.2) is 55.6 Å². The third-order valence-electron chi connectivity index (χ3n) is 5.91. The molecule has 0 aliphatic carbocycles. The van der Waals surface area contributed by atoms with Crippen molar-refractivity contribution in [1.29, 1.82) is 0 Å². The van der Waals surface area contributed by atoms with Gasteiger partial charge in [-0.25, -0.2) is 0 Å². The van der Waals surface area contributed by atoms with Crippen molar-refractivity contribution < 1.29 is 37.4 Å². The molecule has 216 valence electrons. The Morgan fingerprint density at radius 1 is 1.15 bits per heavy atom. The van der Waals surface area contributed by atoms with Gasteiger partial charge in [0.25, 0.3) is 5.91 Å². The first-order valence-corrected chi connectivity index (χ1v) is 15.5. The second kappa shape index (κ2) is 14.2. The molecule has 0 N–H and O–H groups in total. The molecule has 4 rings (SSSR count). The zero-order chi connectivity index (χ0) is 28.5. The van der Waals surface area contributed by atoms with Gasteiger partial charge in [0.15, 0.2) is 4.80 Å². The van der Waals surface area contributed by atoms with Crippen LogP contribution in [0, 0.1) is 6.92 Å². The van der Waals surface area contributed by atoms with Gasteiger partial charge in [-0.05, 0) is 44.0 Å². The minimum absolute atomic E-state index is 0.0559. The van der Waals surface area contributed by atoms with E-state index in [1.165, 1.54) is 18.4 Å². The van der Waals surface area contributed by atoms with E-state index in [0.717, 1.165) is 5.69 Å². The minimum atomic E-state index is -3.28. The summed E-state index contributed by atoms with van der Waals surface area (Å²) in [6, 6.07) is 8.58. The van der Waals surface area contributed by atoms with Gasteiger partial charge in [0.2, 0.25) is 0 Å². The lowest BCUT2D eigenvalue weighted by atomic mass is 10.2. The molecule has 13 heteroatoms. The summed E-state index contributed by atoms with van der Waals surface area (Å²) >= 11 is 1.24. The van der Waals surface area contributed by atoms with Crippen LogP contribution in [-0.2, 0) is 36.0 Å². The number of carbonyl (C=O) groups excluding carboxylic acids is 1. The number of nitrogens with zero attached hydrogens (tertiary/aromatic N) is 3. The first-order chi connectivity index (χ1) is 19.3. The Balaban J connectivity index is 1.67. The summed E-state index contributed by atoms with van der Waals surface area (Å²) in [5, 5.41) is 1.78. The van der Waals surface area contributed by atoms with E-state index < -0.39 is 13.5 Å². The molecule has 0 spiro atoms. The van der Waals surface area contributed by atoms with Crippen LogP contribution < -0.4 is 14.3 Å². The highest BCUT2D eigenvalue weighted by atomic mass is 32.1. The third-order valence-corrected chi connectivity index (χ3v) is 8.69. The van der Waals surface area contributed by atoms with E-state index in [-0.39, 0.29) is 24.6 Å². The second-order valence-electron chi connectivity index (χ2n) is 9.10. The van der Waals surface area contributed by atoms with Crippen LogP contribution in [0.2, 0.25) is 0 Å². The highest BCUT2D eigenvalue weighted by Gasteiger charge is 2.30. The highest BCUT2D eigenvalue weighted by Crippen LogP contribution is 2.53. The molecular formula is C27H34N3O8PS. The summed E-state index contributed by atoms with van der Waals surface area (Å²) in [6.07, 6.45) is 2.86. The van der Waals surface area contributed by atoms with Gasteiger partial charge in [-0.3, -0.25) is 18.9 Å². The number of aryl methyl sites for hydroxylation is 1.